The van der Waals surface area contributed by atoms with E-state index in [-0.39, 0.29) is 22.5 Å². The molecule has 0 bridgehead atoms. The molecule has 0 amide bonds. The average molecular weight is 264 g/mol. The van der Waals surface area contributed by atoms with Crippen LogP contribution in [0.2, 0.25) is 0 Å². The van der Waals surface area contributed by atoms with Crippen LogP contribution in [0.5, 0.6) is 11.5 Å². The predicted molar refractivity (Wildman–Crippen MR) is 76.8 cm³/mol. The predicted octanol–water partition coefficient (Wildman–Crippen LogP) is 3.91. The second-order valence-electron chi connectivity index (χ2n) is 6.96. The number of hydrogen-bond acceptors (Lipinski definition) is 3. The number of hydrogen-bond donors (Lipinski definition) is 1. The lowest BCUT2D eigenvalue weighted by Crippen LogP contribution is -2.18. The van der Waals surface area contributed by atoms with Crippen molar-refractivity contribution in [1.29, 1.82) is 0 Å². The number of ether oxygens (including phenoxy) is 1. The number of carbonyl (C=O) groups is 1. The van der Waals surface area contributed by atoms with Crippen molar-refractivity contribution in [2.24, 2.45) is 0 Å². The van der Waals surface area contributed by atoms with Gasteiger partial charge in [-0.2, -0.15) is 0 Å². The lowest BCUT2D eigenvalue weighted by molar-refractivity contribution is -0.131. The zero-order chi connectivity index (χ0) is 15.0. The number of phenolic OH excluding ortho intramolecular Hbond substituents is 1. The Bertz CT molecular complexity index is 488. The van der Waals surface area contributed by atoms with Crippen molar-refractivity contribution in [3.63, 3.8) is 0 Å². The van der Waals surface area contributed by atoms with Gasteiger partial charge in [-0.15, -0.1) is 0 Å². The summed E-state index contributed by atoms with van der Waals surface area (Å²) in [7, 11) is 0. The highest BCUT2D eigenvalue weighted by Crippen LogP contribution is 2.40. The Kier molecular flexibility index (Phi) is 3.99. The molecule has 106 valence electrons. The van der Waals surface area contributed by atoms with Crippen LogP contribution in [0, 0.1) is 0 Å². The zero-order valence-electron chi connectivity index (χ0n) is 12.9. The number of carbonyl (C=O) groups excluding carboxylic acids is 1. The van der Waals surface area contributed by atoms with E-state index in [0.717, 1.165) is 11.1 Å². The van der Waals surface area contributed by atoms with Gasteiger partial charge in [-0.3, -0.25) is 4.79 Å². The molecular formula is C16H24O3. The number of benzene rings is 1. The van der Waals surface area contributed by atoms with Gasteiger partial charge in [-0.25, -0.2) is 0 Å². The van der Waals surface area contributed by atoms with Crippen molar-refractivity contribution in [3.05, 3.63) is 23.3 Å². The lowest BCUT2D eigenvalue weighted by atomic mass is 9.81. The first-order valence-electron chi connectivity index (χ1n) is 6.49. The molecule has 3 nitrogen and oxygen atoms in total. The van der Waals surface area contributed by atoms with Gasteiger partial charge in [0.2, 0.25) is 0 Å². The molecule has 0 saturated carbocycles. The van der Waals surface area contributed by atoms with Crippen LogP contribution < -0.4 is 4.74 Å². The van der Waals surface area contributed by atoms with Gasteiger partial charge in [0.1, 0.15) is 11.5 Å². The van der Waals surface area contributed by atoms with Crippen molar-refractivity contribution < 1.29 is 14.6 Å². The van der Waals surface area contributed by atoms with Crippen LogP contribution in [-0.2, 0) is 15.6 Å². The molecule has 0 saturated heterocycles. The quantitative estimate of drug-likeness (QED) is 0.618. The molecule has 19 heavy (non-hydrogen) atoms. The first kappa shape index (κ1) is 15.5. The Morgan fingerprint density at radius 1 is 1.00 bits per heavy atom. The molecule has 0 spiro atoms. The van der Waals surface area contributed by atoms with E-state index in [2.05, 4.69) is 0 Å². The number of aromatic hydroxyl groups is 1. The van der Waals surface area contributed by atoms with Gasteiger partial charge in [0.05, 0.1) is 0 Å². The Balaban J connectivity index is 3.50. The van der Waals surface area contributed by atoms with Crippen molar-refractivity contribution in [1.82, 2.24) is 0 Å². The van der Waals surface area contributed by atoms with Crippen LogP contribution in [0.4, 0.5) is 0 Å². The monoisotopic (exact) mass is 264 g/mol. The van der Waals surface area contributed by atoms with E-state index in [9.17, 15) is 9.90 Å². The van der Waals surface area contributed by atoms with Gasteiger partial charge in [0.15, 0.2) is 0 Å². The van der Waals surface area contributed by atoms with Crippen LogP contribution >= 0.6 is 0 Å². The fourth-order valence-electron chi connectivity index (χ4n) is 1.99. The molecule has 3 heteroatoms. The molecule has 1 N–H and O–H groups in total. The Hall–Kier alpha value is -1.51. The molecule has 0 aromatic heterocycles. The van der Waals surface area contributed by atoms with Crippen LogP contribution in [-0.4, -0.2) is 11.1 Å². The first-order valence-corrected chi connectivity index (χ1v) is 6.49. The summed E-state index contributed by atoms with van der Waals surface area (Å²) in [6.45, 7) is 13.5. The number of esters is 1. The highest BCUT2D eigenvalue weighted by Gasteiger charge is 2.26. The van der Waals surface area contributed by atoms with Gasteiger partial charge in [0, 0.05) is 18.1 Å². The van der Waals surface area contributed by atoms with Crippen molar-refractivity contribution in [3.8, 4) is 11.5 Å². The molecule has 1 aromatic carbocycles. The minimum atomic E-state index is -0.351. The second-order valence-corrected chi connectivity index (χ2v) is 6.96. The molecule has 0 unspecified atom stereocenters. The summed E-state index contributed by atoms with van der Waals surface area (Å²) in [5.41, 5.74) is 1.18. The maximum absolute atomic E-state index is 11.3. The van der Waals surface area contributed by atoms with E-state index in [1.807, 2.05) is 41.5 Å². The SMILES string of the molecule is CC(=O)Oc1cc(C(C)(C)C)c(O)cc1C(C)(C)C. The van der Waals surface area contributed by atoms with E-state index in [0.29, 0.717) is 5.75 Å². The molecule has 0 aliphatic carbocycles. The molecule has 1 aromatic rings. The van der Waals surface area contributed by atoms with Gasteiger partial charge < -0.3 is 9.84 Å². The summed E-state index contributed by atoms with van der Waals surface area (Å²) in [6.07, 6.45) is 0. The summed E-state index contributed by atoms with van der Waals surface area (Å²) in [5, 5.41) is 10.2. The molecule has 0 atom stereocenters. The molecule has 0 fully saturated rings. The molecular weight excluding hydrogens is 240 g/mol. The molecule has 0 heterocycles. The fourth-order valence-corrected chi connectivity index (χ4v) is 1.99. The van der Waals surface area contributed by atoms with Gasteiger partial charge in [-0.1, -0.05) is 41.5 Å². The van der Waals surface area contributed by atoms with Gasteiger partial charge in [-0.05, 0) is 23.0 Å². The van der Waals surface area contributed by atoms with Crippen molar-refractivity contribution in [2.45, 2.75) is 59.3 Å². The minimum Gasteiger partial charge on any atom is -0.508 e. The van der Waals surface area contributed by atoms with E-state index < -0.39 is 0 Å². The second kappa shape index (κ2) is 4.87. The van der Waals surface area contributed by atoms with Crippen molar-refractivity contribution >= 4 is 5.97 Å². The Labute approximate surface area is 115 Å². The Morgan fingerprint density at radius 2 is 1.47 bits per heavy atom. The standard InChI is InChI=1S/C16H24O3/c1-10(17)19-14-9-11(15(2,3)4)13(18)8-12(14)16(5,6)7/h8-9,18H,1-7H3. The first-order chi connectivity index (χ1) is 8.43. The largest absolute Gasteiger partial charge is 0.508 e. The fraction of sp³-hybridized carbons (Fsp3) is 0.562. The molecule has 1 rings (SSSR count). The maximum Gasteiger partial charge on any atom is 0.308 e. The Morgan fingerprint density at radius 3 is 1.84 bits per heavy atom. The summed E-state index contributed by atoms with van der Waals surface area (Å²) < 4.78 is 5.31. The third-order valence-corrected chi connectivity index (χ3v) is 2.97. The third-order valence-electron chi connectivity index (χ3n) is 2.97. The summed E-state index contributed by atoms with van der Waals surface area (Å²) in [4.78, 5) is 11.3. The van der Waals surface area contributed by atoms with Crippen LogP contribution in [0.15, 0.2) is 12.1 Å². The van der Waals surface area contributed by atoms with E-state index in [1.54, 1.807) is 12.1 Å². The molecule has 0 aliphatic rings. The zero-order valence-corrected chi connectivity index (χ0v) is 12.9. The molecule has 0 aliphatic heterocycles. The van der Waals surface area contributed by atoms with Gasteiger partial charge in [0.25, 0.3) is 0 Å². The highest BCUT2D eigenvalue weighted by atomic mass is 16.5. The maximum atomic E-state index is 11.3. The van der Waals surface area contributed by atoms with E-state index in [1.165, 1.54) is 6.92 Å². The van der Waals surface area contributed by atoms with E-state index >= 15 is 0 Å². The molecule has 0 radical (unpaired) electrons. The van der Waals surface area contributed by atoms with Crippen molar-refractivity contribution in [2.75, 3.05) is 0 Å². The van der Waals surface area contributed by atoms with Crippen LogP contribution in [0.25, 0.3) is 0 Å². The van der Waals surface area contributed by atoms with Crippen LogP contribution in [0.1, 0.15) is 59.6 Å². The number of rotatable bonds is 1. The average Bonchev–Trinajstić information content (AvgIpc) is 2.16. The summed E-state index contributed by atoms with van der Waals surface area (Å²) in [6, 6.07) is 3.48. The summed E-state index contributed by atoms with van der Waals surface area (Å²) in [5.74, 6) is 0.423. The van der Waals surface area contributed by atoms with Crippen LogP contribution in [0.3, 0.4) is 0 Å². The van der Waals surface area contributed by atoms with E-state index in [4.69, 9.17) is 4.74 Å². The topological polar surface area (TPSA) is 46.5 Å². The summed E-state index contributed by atoms with van der Waals surface area (Å²) >= 11 is 0. The number of phenols is 1. The normalized spacial score (nSPS) is 12.4. The minimum absolute atomic E-state index is 0.210. The lowest BCUT2D eigenvalue weighted by Gasteiger charge is -2.27. The van der Waals surface area contributed by atoms with Gasteiger partial charge >= 0.3 is 5.97 Å². The highest BCUT2D eigenvalue weighted by molar-refractivity contribution is 5.70. The smallest absolute Gasteiger partial charge is 0.308 e. The third kappa shape index (κ3) is 3.72.